The van der Waals surface area contributed by atoms with Crippen LogP contribution in [0.4, 0.5) is 0 Å². The third-order valence-electron chi connectivity index (χ3n) is 2.68. The molecule has 0 fully saturated rings. The second kappa shape index (κ2) is 3.73. The van der Waals surface area contributed by atoms with Crippen LogP contribution in [-0.4, -0.2) is 0 Å². The van der Waals surface area contributed by atoms with E-state index in [1.54, 1.807) is 11.3 Å². The Morgan fingerprint density at radius 2 is 2.00 bits per heavy atom. The summed E-state index contributed by atoms with van der Waals surface area (Å²) in [6.45, 7) is 2.11. The third kappa shape index (κ3) is 1.48. The molecule has 0 amide bonds. The number of thiophene rings is 1. The van der Waals surface area contributed by atoms with E-state index in [-0.39, 0.29) is 0 Å². The highest BCUT2D eigenvalue weighted by Crippen LogP contribution is 2.41. The number of hydrogen-bond acceptors (Lipinski definition) is 1. The first kappa shape index (κ1) is 10.6. The second-order valence-electron chi connectivity index (χ2n) is 3.84. The Morgan fingerprint density at radius 3 is 2.81 bits per heavy atom. The van der Waals surface area contributed by atoms with E-state index in [2.05, 4.69) is 41.1 Å². The van der Waals surface area contributed by atoms with E-state index in [0.29, 0.717) is 0 Å². The van der Waals surface area contributed by atoms with Crippen LogP contribution < -0.4 is 0 Å². The SMILES string of the molecule is Cc1ccc2c(c1)sc1c(Br)ccc(Cl)c12. The molecule has 0 bridgehead atoms. The molecule has 0 N–H and O–H groups in total. The van der Waals surface area contributed by atoms with E-state index in [4.69, 9.17) is 11.6 Å². The van der Waals surface area contributed by atoms with Crippen molar-refractivity contribution in [3.8, 4) is 0 Å². The van der Waals surface area contributed by atoms with Crippen LogP contribution in [-0.2, 0) is 0 Å². The molecule has 16 heavy (non-hydrogen) atoms. The number of aryl methyl sites for hydroxylation is 1. The Kier molecular flexibility index (Phi) is 2.46. The van der Waals surface area contributed by atoms with Gasteiger partial charge in [0.25, 0.3) is 0 Å². The average molecular weight is 312 g/mol. The van der Waals surface area contributed by atoms with Gasteiger partial charge in [-0.15, -0.1) is 11.3 Å². The lowest BCUT2D eigenvalue weighted by Gasteiger charge is -1.97. The van der Waals surface area contributed by atoms with E-state index in [0.717, 1.165) is 14.9 Å². The van der Waals surface area contributed by atoms with Gasteiger partial charge in [-0.2, -0.15) is 0 Å². The smallest absolute Gasteiger partial charge is 0.0512 e. The molecule has 0 aliphatic carbocycles. The number of fused-ring (bicyclic) bond motifs is 3. The Labute approximate surface area is 111 Å². The largest absolute Gasteiger partial charge is 0.134 e. The van der Waals surface area contributed by atoms with E-state index < -0.39 is 0 Å². The maximum Gasteiger partial charge on any atom is 0.0512 e. The summed E-state index contributed by atoms with van der Waals surface area (Å²) < 4.78 is 3.64. The van der Waals surface area contributed by atoms with Crippen LogP contribution in [0.5, 0.6) is 0 Å². The minimum atomic E-state index is 0.827. The summed E-state index contributed by atoms with van der Waals surface area (Å²) in [6, 6.07) is 10.4. The van der Waals surface area contributed by atoms with Gasteiger partial charge in [-0.05, 0) is 46.6 Å². The maximum atomic E-state index is 6.27. The molecule has 0 aliphatic rings. The highest BCUT2D eigenvalue weighted by molar-refractivity contribution is 9.10. The molecule has 0 saturated carbocycles. The lowest BCUT2D eigenvalue weighted by atomic mass is 10.1. The first-order chi connectivity index (χ1) is 7.66. The summed E-state index contributed by atoms with van der Waals surface area (Å²) in [6.07, 6.45) is 0. The zero-order chi connectivity index (χ0) is 11.3. The topological polar surface area (TPSA) is 0 Å². The van der Waals surface area contributed by atoms with Crippen molar-refractivity contribution in [3.05, 3.63) is 45.4 Å². The molecule has 0 aliphatic heterocycles. The first-order valence-corrected chi connectivity index (χ1v) is 6.92. The molecule has 3 heteroatoms. The average Bonchev–Trinajstić information content (AvgIpc) is 2.63. The molecule has 0 unspecified atom stereocenters. The zero-order valence-electron chi connectivity index (χ0n) is 8.55. The highest BCUT2D eigenvalue weighted by Gasteiger charge is 2.10. The van der Waals surface area contributed by atoms with Gasteiger partial charge in [-0.3, -0.25) is 0 Å². The number of halogens is 2. The van der Waals surface area contributed by atoms with Crippen molar-refractivity contribution >= 4 is 59.0 Å². The van der Waals surface area contributed by atoms with Crippen LogP contribution in [0.25, 0.3) is 20.2 Å². The summed E-state index contributed by atoms with van der Waals surface area (Å²) in [5.41, 5.74) is 1.28. The fourth-order valence-corrected chi connectivity index (χ4v) is 4.04. The summed E-state index contributed by atoms with van der Waals surface area (Å²) in [4.78, 5) is 0. The predicted molar refractivity (Wildman–Crippen MR) is 76.8 cm³/mol. The van der Waals surface area contributed by atoms with Crippen molar-refractivity contribution < 1.29 is 0 Å². The van der Waals surface area contributed by atoms with E-state index in [1.165, 1.54) is 20.3 Å². The number of benzene rings is 2. The Morgan fingerprint density at radius 1 is 1.19 bits per heavy atom. The zero-order valence-corrected chi connectivity index (χ0v) is 11.7. The Balaban J connectivity index is 2.60. The summed E-state index contributed by atoms with van der Waals surface area (Å²) in [5, 5.41) is 3.24. The fraction of sp³-hybridized carbons (Fsp3) is 0.0769. The van der Waals surface area contributed by atoms with Gasteiger partial charge in [0.05, 0.1) is 4.70 Å². The monoisotopic (exact) mass is 310 g/mol. The van der Waals surface area contributed by atoms with Gasteiger partial charge in [0.15, 0.2) is 0 Å². The van der Waals surface area contributed by atoms with Crippen molar-refractivity contribution in [1.29, 1.82) is 0 Å². The molecule has 0 radical (unpaired) electrons. The van der Waals surface area contributed by atoms with Gasteiger partial charge >= 0.3 is 0 Å². The van der Waals surface area contributed by atoms with Crippen molar-refractivity contribution in [2.45, 2.75) is 6.92 Å². The molecular weight excluding hydrogens is 304 g/mol. The molecule has 2 aromatic carbocycles. The van der Waals surface area contributed by atoms with Crippen molar-refractivity contribution in [2.75, 3.05) is 0 Å². The molecular formula is C13H8BrClS. The molecule has 0 spiro atoms. The molecule has 0 saturated heterocycles. The standard InChI is InChI=1S/C13H8BrClS/c1-7-2-3-8-11(6-7)16-13-9(14)4-5-10(15)12(8)13/h2-6H,1H3. The lowest BCUT2D eigenvalue weighted by molar-refractivity contribution is 1.52. The molecule has 3 aromatic rings. The minimum Gasteiger partial charge on any atom is -0.134 e. The molecule has 0 atom stereocenters. The third-order valence-corrected chi connectivity index (χ3v) is 5.10. The number of rotatable bonds is 0. The second-order valence-corrected chi connectivity index (χ2v) is 6.15. The van der Waals surface area contributed by atoms with Crippen LogP contribution in [0.15, 0.2) is 34.8 Å². The normalized spacial score (nSPS) is 11.4. The summed E-state index contributed by atoms with van der Waals surface area (Å²) in [5.74, 6) is 0. The molecule has 1 aromatic heterocycles. The summed E-state index contributed by atoms with van der Waals surface area (Å²) in [7, 11) is 0. The van der Waals surface area contributed by atoms with Crippen LogP contribution in [0, 0.1) is 6.92 Å². The molecule has 80 valence electrons. The van der Waals surface area contributed by atoms with E-state index in [9.17, 15) is 0 Å². The molecule has 3 rings (SSSR count). The van der Waals surface area contributed by atoms with E-state index >= 15 is 0 Å². The van der Waals surface area contributed by atoms with Crippen LogP contribution >= 0.6 is 38.9 Å². The summed E-state index contributed by atoms with van der Waals surface area (Å²) >= 11 is 11.6. The van der Waals surface area contributed by atoms with Gasteiger partial charge in [-0.1, -0.05) is 23.7 Å². The quantitative estimate of drug-likeness (QED) is 0.494. The van der Waals surface area contributed by atoms with Gasteiger partial charge in [0.1, 0.15) is 0 Å². The highest BCUT2D eigenvalue weighted by atomic mass is 79.9. The Hall–Kier alpha value is -0.570. The van der Waals surface area contributed by atoms with Crippen LogP contribution in [0.3, 0.4) is 0 Å². The van der Waals surface area contributed by atoms with Gasteiger partial charge in [0.2, 0.25) is 0 Å². The van der Waals surface area contributed by atoms with Gasteiger partial charge in [0, 0.05) is 25.0 Å². The van der Waals surface area contributed by atoms with Crippen LogP contribution in [0.1, 0.15) is 5.56 Å². The van der Waals surface area contributed by atoms with Crippen molar-refractivity contribution in [3.63, 3.8) is 0 Å². The lowest BCUT2D eigenvalue weighted by Crippen LogP contribution is -1.72. The van der Waals surface area contributed by atoms with Crippen LogP contribution in [0.2, 0.25) is 5.02 Å². The van der Waals surface area contributed by atoms with E-state index in [1.807, 2.05) is 12.1 Å². The Bertz CT molecular complexity index is 700. The van der Waals surface area contributed by atoms with Crippen molar-refractivity contribution in [1.82, 2.24) is 0 Å². The minimum absolute atomic E-state index is 0.827. The molecule has 1 heterocycles. The first-order valence-electron chi connectivity index (χ1n) is 4.93. The fourth-order valence-electron chi connectivity index (χ4n) is 1.91. The van der Waals surface area contributed by atoms with Gasteiger partial charge in [-0.25, -0.2) is 0 Å². The van der Waals surface area contributed by atoms with Crippen molar-refractivity contribution in [2.24, 2.45) is 0 Å². The molecule has 0 nitrogen and oxygen atoms in total. The predicted octanol–water partition coefficient (Wildman–Crippen LogP) is 5.78. The van der Waals surface area contributed by atoms with Gasteiger partial charge < -0.3 is 0 Å². The number of hydrogen-bond donors (Lipinski definition) is 0. The maximum absolute atomic E-state index is 6.27.